The second kappa shape index (κ2) is 13.0. The molecule has 0 fully saturated rings. The van der Waals surface area contributed by atoms with Crippen molar-refractivity contribution in [2.75, 3.05) is 0 Å². The summed E-state index contributed by atoms with van der Waals surface area (Å²) in [5, 5.41) is 0. The van der Waals surface area contributed by atoms with Gasteiger partial charge in [0.1, 0.15) is 0 Å². The van der Waals surface area contributed by atoms with Crippen LogP contribution < -0.4 is 4.46 Å². The molecule has 1 rings (SSSR count). The number of hydrogen-bond acceptors (Lipinski definition) is 0. The van der Waals surface area contributed by atoms with Gasteiger partial charge in [0, 0.05) is 0 Å². The van der Waals surface area contributed by atoms with Gasteiger partial charge in [-0.1, -0.05) is 0 Å². The van der Waals surface area contributed by atoms with Crippen LogP contribution in [0.15, 0.2) is 38.9 Å². The average Bonchev–Trinajstić information content (AvgIpc) is 2.48. The van der Waals surface area contributed by atoms with E-state index < -0.39 is 0 Å². The molecule has 0 heterocycles. The van der Waals surface area contributed by atoms with E-state index in [4.69, 9.17) is 0 Å². The Morgan fingerprint density at radius 1 is 1.00 bits per heavy atom. The molecule has 0 saturated carbocycles. The van der Waals surface area contributed by atoms with Crippen molar-refractivity contribution < 1.29 is 0 Å². The van der Waals surface area contributed by atoms with Gasteiger partial charge >= 0.3 is 143 Å². The Balaban J connectivity index is 2.44. The Morgan fingerprint density at radius 2 is 1.75 bits per heavy atom. The molecular weight excluding hydrogens is 423 g/mol. The SMILES string of the molecule is CCCCCC/C=C(/[Se]c1ccccc1)[Te]CCCC. The number of allylic oxidation sites excluding steroid dienone is 1. The van der Waals surface area contributed by atoms with Crippen molar-refractivity contribution in [2.45, 2.75) is 63.3 Å². The van der Waals surface area contributed by atoms with E-state index >= 15 is 0 Å². The van der Waals surface area contributed by atoms with Crippen LogP contribution in [-0.2, 0) is 0 Å². The molecule has 0 radical (unpaired) electrons. The molecule has 0 aliphatic heterocycles. The topological polar surface area (TPSA) is 0 Å². The van der Waals surface area contributed by atoms with Crippen molar-refractivity contribution in [3.63, 3.8) is 0 Å². The second-order valence-electron chi connectivity index (χ2n) is 4.99. The third-order valence-corrected chi connectivity index (χ3v) is 10.5. The molecule has 0 amide bonds. The Kier molecular flexibility index (Phi) is 11.9. The molecule has 112 valence electrons. The summed E-state index contributed by atoms with van der Waals surface area (Å²) in [6.45, 7) is 4.60. The molecule has 0 atom stereocenters. The van der Waals surface area contributed by atoms with E-state index in [2.05, 4.69) is 50.3 Å². The molecule has 0 N–H and O–H groups in total. The fourth-order valence-corrected chi connectivity index (χ4v) is 9.45. The zero-order valence-corrected chi connectivity index (χ0v) is 17.0. The first kappa shape index (κ1) is 18.3. The van der Waals surface area contributed by atoms with Crippen molar-refractivity contribution in [1.82, 2.24) is 0 Å². The summed E-state index contributed by atoms with van der Waals surface area (Å²) in [5.41, 5.74) is 0. The molecule has 0 aliphatic rings. The molecule has 0 saturated heterocycles. The van der Waals surface area contributed by atoms with E-state index in [1.807, 2.05) is 2.52 Å². The van der Waals surface area contributed by atoms with Crippen LogP contribution in [0, 0.1) is 0 Å². The van der Waals surface area contributed by atoms with Crippen LogP contribution >= 0.6 is 0 Å². The first-order valence-electron chi connectivity index (χ1n) is 7.92. The first-order chi connectivity index (χ1) is 9.86. The Bertz CT molecular complexity index is 359. The van der Waals surface area contributed by atoms with Gasteiger partial charge in [-0.15, -0.1) is 0 Å². The van der Waals surface area contributed by atoms with Crippen molar-refractivity contribution in [3.05, 3.63) is 38.9 Å². The first-order valence-corrected chi connectivity index (χ1v) is 12.4. The number of rotatable bonds is 11. The van der Waals surface area contributed by atoms with Gasteiger partial charge in [0.25, 0.3) is 0 Å². The monoisotopic (exact) mass is 454 g/mol. The minimum atomic E-state index is 0.103. The van der Waals surface area contributed by atoms with Crippen LogP contribution in [0.5, 0.6) is 0 Å². The van der Waals surface area contributed by atoms with Gasteiger partial charge in [-0.05, 0) is 0 Å². The predicted molar refractivity (Wildman–Crippen MR) is 94.1 cm³/mol. The normalized spacial score (nSPS) is 11.8. The molecule has 0 unspecified atom stereocenters. The van der Waals surface area contributed by atoms with Gasteiger partial charge < -0.3 is 0 Å². The van der Waals surface area contributed by atoms with E-state index in [0.717, 1.165) is 0 Å². The molecule has 0 aliphatic carbocycles. The fraction of sp³-hybridized carbons (Fsp3) is 0.556. The standard InChI is InChI=1S/C18H28SeTe/c1-3-5-7-8-12-15-18(20-16-6-4-2)19-17-13-10-9-11-14-17/h9-11,13-15H,3-8,12,16H2,1-2H3/b18-15-. The van der Waals surface area contributed by atoms with E-state index in [1.54, 1.807) is 4.46 Å². The van der Waals surface area contributed by atoms with Crippen LogP contribution in [0.25, 0.3) is 0 Å². The van der Waals surface area contributed by atoms with Crippen molar-refractivity contribution in [1.29, 1.82) is 0 Å². The number of unbranched alkanes of at least 4 members (excludes halogenated alkanes) is 5. The Morgan fingerprint density at radius 3 is 2.45 bits per heavy atom. The third kappa shape index (κ3) is 9.25. The van der Waals surface area contributed by atoms with Crippen LogP contribution in [0.1, 0.15) is 58.8 Å². The Hall–Kier alpha value is 0.269. The van der Waals surface area contributed by atoms with E-state index in [0.29, 0.717) is 15.0 Å². The molecule has 1 aromatic rings. The molecular formula is C18H28SeTe. The summed E-state index contributed by atoms with van der Waals surface area (Å²) < 4.78 is 4.90. The molecule has 2 heteroatoms. The van der Waals surface area contributed by atoms with Gasteiger partial charge in [0.05, 0.1) is 0 Å². The maximum absolute atomic E-state index is 2.61. The summed E-state index contributed by atoms with van der Waals surface area (Å²) in [5.74, 6) is 0. The summed E-state index contributed by atoms with van der Waals surface area (Å²) >= 11 is 0.702. The zero-order chi connectivity index (χ0) is 14.5. The molecule has 20 heavy (non-hydrogen) atoms. The van der Waals surface area contributed by atoms with Crippen LogP contribution in [0.3, 0.4) is 0 Å². The van der Waals surface area contributed by atoms with Gasteiger partial charge in [-0.2, -0.15) is 0 Å². The van der Waals surface area contributed by atoms with Crippen molar-refractivity contribution >= 4 is 40.3 Å². The summed E-state index contributed by atoms with van der Waals surface area (Å²) in [4.78, 5) is 0. The summed E-state index contributed by atoms with van der Waals surface area (Å²) in [6, 6.07) is 11.1. The fourth-order valence-electron chi connectivity index (χ4n) is 1.84. The minimum absolute atomic E-state index is 0.103. The average molecular weight is 451 g/mol. The molecule has 0 aromatic heterocycles. The van der Waals surface area contributed by atoms with Gasteiger partial charge in [-0.3, -0.25) is 0 Å². The number of benzene rings is 1. The number of hydrogen-bond donors (Lipinski definition) is 0. The third-order valence-electron chi connectivity index (χ3n) is 3.07. The van der Waals surface area contributed by atoms with Gasteiger partial charge in [0.2, 0.25) is 0 Å². The summed E-state index contributed by atoms with van der Waals surface area (Å²) in [7, 11) is 0. The van der Waals surface area contributed by atoms with Crippen molar-refractivity contribution in [2.24, 2.45) is 0 Å². The maximum atomic E-state index is 2.61. The van der Waals surface area contributed by atoms with E-state index in [9.17, 15) is 0 Å². The van der Waals surface area contributed by atoms with Gasteiger partial charge in [0.15, 0.2) is 0 Å². The van der Waals surface area contributed by atoms with Crippen LogP contribution in [0.2, 0.25) is 4.47 Å². The van der Waals surface area contributed by atoms with E-state index in [1.165, 1.54) is 49.4 Å². The van der Waals surface area contributed by atoms with Crippen LogP contribution in [0.4, 0.5) is 0 Å². The zero-order valence-electron chi connectivity index (χ0n) is 12.9. The molecule has 1 aromatic carbocycles. The van der Waals surface area contributed by atoms with Crippen LogP contribution in [-0.4, -0.2) is 35.9 Å². The Labute approximate surface area is 142 Å². The van der Waals surface area contributed by atoms with E-state index in [-0.39, 0.29) is 20.9 Å². The second-order valence-corrected chi connectivity index (χ2v) is 12.4. The quantitative estimate of drug-likeness (QED) is 0.337. The molecule has 0 bridgehead atoms. The molecule has 0 spiro atoms. The summed E-state index contributed by atoms with van der Waals surface area (Å²) in [6.07, 6.45) is 12.3. The van der Waals surface area contributed by atoms with Gasteiger partial charge in [-0.25, -0.2) is 0 Å². The predicted octanol–water partition coefficient (Wildman–Crippen LogP) is 4.75. The van der Waals surface area contributed by atoms with Crippen molar-refractivity contribution in [3.8, 4) is 0 Å². The molecule has 0 nitrogen and oxygen atoms in total.